The van der Waals surface area contributed by atoms with Gasteiger partial charge in [0.25, 0.3) is 0 Å². The van der Waals surface area contributed by atoms with Crippen molar-refractivity contribution in [3.05, 3.63) is 88.5 Å². The topological polar surface area (TPSA) is 63.0 Å². The zero-order valence-electron chi connectivity index (χ0n) is 17.0. The van der Waals surface area contributed by atoms with Gasteiger partial charge in [-0.2, -0.15) is 13.2 Å². The number of nitrogens with one attached hydrogen (secondary N) is 1. The molecule has 5 nitrogen and oxygen atoms in total. The Balaban J connectivity index is 1.60. The third-order valence-corrected chi connectivity index (χ3v) is 5.90. The number of aromatic nitrogens is 3. The minimum Gasteiger partial charge on any atom is -0.304 e. The Morgan fingerprint density at radius 1 is 0.970 bits per heavy atom. The van der Waals surface area contributed by atoms with Gasteiger partial charge in [-0.05, 0) is 53.1 Å². The number of pyridine rings is 1. The first kappa shape index (κ1) is 19.5. The van der Waals surface area contributed by atoms with E-state index < -0.39 is 17.4 Å². The highest BCUT2D eigenvalue weighted by Crippen LogP contribution is 2.34. The molecule has 0 aliphatic carbocycles. The molecule has 0 fully saturated rings. The molecular weight excluding hydrogens is 429 g/mol. The molecular formula is C25H15F3N4O. The summed E-state index contributed by atoms with van der Waals surface area (Å²) in [5.41, 5.74) is 4.26. The van der Waals surface area contributed by atoms with Crippen LogP contribution in [0.15, 0.2) is 76.6 Å². The molecule has 6 rings (SSSR count). The van der Waals surface area contributed by atoms with Crippen LogP contribution in [0, 0.1) is 0 Å². The first-order chi connectivity index (χ1) is 15.9. The van der Waals surface area contributed by atoms with Crippen LogP contribution >= 0.6 is 0 Å². The smallest absolute Gasteiger partial charge is 0.304 e. The van der Waals surface area contributed by atoms with Crippen LogP contribution in [0.2, 0.25) is 0 Å². The second-order valence-electron chi connectivity index (χ2n) is 7.93. The highest BCUT2D eigenvalue weighted by molar-refractivity contribution is 6.04. The number of nitrogens with zero attached hydrogens (tertiary/aromatic N) is 3. The zero-order valence-corrected chi connectivity index (χ0v) is 17.0. The molecule has 3 aromatic carbocycles. The van der Waals surface area contributed by atoms with Crippen LogP contribution < -0.4 is 5.69 Å². The van der Waals surface area contributed by atoms with Crippen molar-refractivity contribution in [3.8, 4) is 16.8 Å². The van der Waals surface area contributed by atoms with E-state index in [1.807, 2.05) is 42.6 Å². The van der Waals surface area contributed by atoms with Crippen LogP contribution in [0.3, 0.4) is 0 Å². The summed E-state index contributed by atoms with van der Waals surface area (Å²) in [7, 11) is 0. The van der Waals surface area contributed by atoms with Crippen LogP contribution in [-0.4, -0.2) is 20.7 Å². The van der Waals surface area contributed by atoms with Gasteiger partial charge in [-0.3, -0.25) is 14.5 Å². The number of hydrogen-bond donors (Lipinski definition) is 1. The van der Waals surface area contributed by atoms with Crippen LogP contribution in [-0.2, 0) is 12.6 Å². The number of imidazole rings is 1. The molecule has 0 unspecified atom stereocenters. The Morgan fingerprint density at radius 3 is 2.64 bits per heavy atom. The molecule has 2 aromatic heterocycles. The predicted molar refractivity (Wildman–Crippen MR) is 121 cm³/mol. The summed E-state index contributed by atoms with van der Waals surface area (Å²) < 4.78 is 41.2. The number of H-pyrrole nitrogens is 1. The summed E-state index contributed by atoms with van der Waals surface area (Å²) in [5, 5.41) is 0.657. The molecule has 8 heteroatoms. The van der Waals surface area contributed by atoms with Crippen molar-refractivity contribution in [2.75, 3.05) is 0 Å². The number of halogens is 3. The second kappa shape index (κ2) is 6.90. The van der Waals surface area contributed by atoms with E-state index in [0.717, 1.165) is 40.9 Å². The lowest BCUT2D eigenvalue weighted by molar-refractivity contribution is -0.137. The third-order valence-electron chi connectivity index (χ3n) is 5.90. The minimum absolute atomic E-state index is 0.130. The van der Waals surface area contributed by atoms with Gasteiger partial charge in [0.05, 0.1) is 39.7 Å². The Hall–Kier alpha value is -4.20. The Bertz CT molecular complexity index is 1660. The van der Waals surface area contributed by atoms with Crippen molar-refractivity contribution in [1.82, 2.24) is 14.5 Å². The fourth-order valence-electron chi connectivity index (χ4n) is 4.31. The first-order valence-corrected chi connectivity index (χ1v) is 10.3. The van der Waals surface area contributed by atoms with Crippen LogP contribution in [0.25, 0.3) is 38.8 Å². The monoisotopic (exact) mass is 444 g/mol. The molecule has 0 radical (unpaired) electrons. The average molecular weight is 444 g/mol. The lowest BCUT2D eigenvalue weighted by atomic mass is 10.00. The molecule has 5 aromatic rings. The Morgan fingerprint density at radius 2 is 1.79 bits per heavy atom. The molecule has 3 heterocycles. The number of alkyl halides is 3. The van der Waals surface area contributed by atoms with Crippen molar-refractivity contribution < 1.29 is 13.2 Å². The maximum Gasteiger partial charge on any atom is 0.416 e. The summed E-state index contributed by atoms with van der Waals surface area (Å²) in [6.07, 6.45) is -0.314. The number of rotatable bonds is 2. The first-order valence-electron chi connectivity index (χ1n) is 10.3. The van der Waals surface area contributed by atoms with E-state index in [1.165, 1.54) is 22.9 Å². The van der Waals surface area contributed by atoms with Gasteiger partial charge in [0.1, 0.15) is 0 Å². The van der Waals surface area contributed by atoms with E-state index >= 15 is 0 Å². The maximum atomic E-state index is 13.3. The Kier molecular flexibility index (Phi) is 4.07. The largest absolute Gasteiger partial charge is 0.416 e. The van der Waals surface area contributed by atoms with Gasteiger partial charge in [0.2, 0.25) is 0 Å². The van der Waals surface area contributed by atoms with E-state index in [0.29, 0.717) is 21.9 Å². The lowest BCUT2D eigenvalue weighted by Crippen LogP contribution is -2.15. The maximum absolute atomic E-state index is 13.3. The van der Waals surface area contributed by atoms with E-state index in [-0.39, 0.29) is 5.69 Å². The fraction of sp³-hybridized carbons (Fsp3) is 0.0800. The summed E-state index contributed by atoms with van der Waals surface area (Å²) in [6, 6.07) is 16.5. The van der Waals surface area contributed by atoms with Crippen LogP contribution in [0.5, 0.6) is 0 Å². The van der Waals surface area contributed by atoms with E-state index in [2.05, 4.69) is 15.0 Å². The highest BCUT2D eigenvalue weighted by atomic mass is 19.4. The average Bonchev–Trinajstić information content (AvgIpc) is 3.41. The fourth-order valence-corrected chi connectivity index (χ4v) is 4.31. The molecule has 33 heavy (non-hydrogen) atoms. The van der Waals surface area contributed by atoms with Gasteiger partial charge in [-0.1, -0.05) is 24.3 Å². The summed E-state index contributed by atoms with van der Waals surface area (Å²) in [4.78, 5) is 24.3. The molecule has 0 bridgehead atoms. The quantitative estimate of drug-likeness (QED) is 0.373. The number of fused-ring (bicyclic) bond motifs is 4. The van der Waals surface area contributed by atoms with E-state index in [4.69, 9.17) is 0 Å². The van der Waals surface area contributed by atoms with Crippen molar-refractivity contribution in [1.29, 1.82) is 0 Å². The molecule has 0 amide bonds. The predicted octanol–water partition coefficient (Wildman–Crippen LogP) is 5.81. The SMILES string of the molecule is O=c1[nH]c2cnc3ccc(-c4ccc5c(c4)N=CC5)cc3c2n1-c1cccc(C(F)(F)F)c1. The summed E-state index contributed by atoms with van der Waals surface area (Å²) in [6.45, 7) is 0. The van der Waals surface area contributed by atoms with Crippen LogP contribution in [0.4, 0.5) is 18.9 Å². The normalized spacial score (nSPS) is 13.2. The lowest BCUT2D eigenvalue weighted by Gasteiger charge is -2.11. The standard InChI is InChI=1S/C25H15F3N4O/c26-25(27,28)17-2-1-3-18(12-17)32-23-19-10-15(16-5-4-14-8-9-29-21(14)11-16)6-7-20(19)30-13-22(23)31-24(32)33/h1-7,9-13H,8H2,(H,31,33). The molecule has 1 aliphatic heterocycles. The molecule has 0 saturated heterocycles. The summed E-state index contributed by atoms with van der Waals surface area (Å²) >= 11 is 0. The molecule has 0 saturated carbocycles. The molecule has 0 spiro atoms. The molecule has 1 N–H and O–H groups in total. The van der Waals surface area contributed by atoms with Crippen molar-refractivity contribution in [2.24, 2.45) is 4.99 Å². The number of benzene rings is 3. The van der Waals surface area contributed by atoms with Crippen LogP contribution in [0.1, 0.15) is 11.1 Å². The van der Waals surface area contributed by atoms with E-state index in [1.54, 1.807) is 0 Å². The molecule has 162 valence electrons. The number of aromatic amines is 1. The minimum atomic E-state index is -4.52. The van der Waals surface area contributed by atoms with E-state index in [9.17, 15) is 18.0 Å². The van der Waals surface area contributed by atoms with Crippen molar-refractivity contribution >= 4 is 33.8 Å². The van der Waals surface area contributed by atoms with Crippen molar-refractivity contribution in [2.45, 2.75) is 12.6 Å². The van der Waals surface area contributed by atoms with Gasteiger partial charge in [0.15, 0.2) is 0 Å². The zero-order chi connectivity index (χ0) is 22.7. The Labute approximate surface area is 184 Å². The molecule has 0 atom stereocenters. The second-order valence-corrected chi connectivity index (χ2v) is 7.93. The highest BCUT2D eigenvalue weighted by Gasteiger charge is 2.30. The van der Waals surface area contributed by atoms with Gasteiger partial charge >= 0.3 is 11.9 Å². The molecule has 1 aliphatic rings. The van der Waals surface area contributed by atoms with Gasteiger partial charge in [-0.15, -0.1) is 0 Å². The summed E-state index contributed by atoms with van der Waals surface area (Å²) in [5.74, 6) is 0. The van der Waals surface area contributed by atoms with Gasteiger partial charge in [-0.25, -0.2) is 4.79 Å². The number of aliphatic imine (C=N–C) groups is 1. The third kappa shape index (κ3) is 3.14. The van der Waals surface area contributed by atoms with Gasteiger partial charge in [0, 0.05) is 18.0 Å². The van der Waals surface area contributed by atoms with Gasteiger partial charge < -0.3 is 4.98 Å². The van der Waals surface area contributed by atoms with Crippen molar-refractivity contribution in [3.63, 3.8) is 0 Å². The number of hydrogen-bond acceptors (Lipinski definition) is 3.